The van der Waals surface area contributed by atoms with Crippen molar-refractivity contribution in [1.82, 2.24) is 20.5 Å². The number of aldehydes is 1. The van der Waals surface area contributed by atoms with Crippen LogP contribution in [-0.2, 0) is 14.4 Å². The zero-order chi connectivity index (χ0) is 24.8. The lowest BCUT2D eigenvalue weighted by molar-refractivity contribution is -0.141. The molecule has 0 aliphatic carbocycles. The maximum atomic E-state index is 12.4. The summed E-state index contributed by atoms with van der Waals surface area (Å²) in [5.74, 6) is -0.0851. The number of aromatic nitrogens is 1. The van der Waals surface area contributed by atoms with Crippen LogP contribution in [0, 0.1) is 5.92 Å². The number of hydrogen-bond acceptors (Lipinski definition) is 7. The number of ketones is 1. The molecule has 0 saturated carbocycles. The van der Waals surface area contributed by atoms with Gasteiger partial charge in [0.15, 0.2) is 12.1 Å². The number of fused-ring (bicyclic) bond motifs is 1. The number of aliphatic hydroxyl groups excluding tert-OH is 1. The lowest BCUT2D eigenvalue weighted by atomic mass is 9.94. The molecule has 2 saturated heterocycles. The summed E-state index contributed by atoms with van der Waals surface area (Å²) in [5, 5.41) is 15.8. The van der Waals surface area contributed by atoms with E-state index >= 15 is 0 Å². The molecule has 2 fully saturated rings. The first kappa shape index (κ1) is 25.4. The molecule has 184 valence electrons. The number of likely N-dealkylation sites (tertiary alicyclic amines) is 1. The van der Waals surface area contributed by atoms with E-state index in [1.807, 2.05) is 25.1 Å². The average Bonchev–Trinajstić information content (AvgIpc) is 3.53. The molecule has 1 aromatic heterocycles. The maximum absolute atomic E-state index is 12.4. The van der Waals surface area contributed by atoms with E-state index in [0.29, 0.717) is 25.1 Å². The number of hydrogen-bond donors (Lipinski definition) is 4. The van der Waals surface area contributed by atoms with Gasteiger partial charge in [-0.05, 0) is 51.4 Å². The Morgan fingerprint density at radius 1 is 1.38 bits per heavy atom. The van der Waals surface area contributed by atoms with Gasteiger partial charge in [0.2, 0.25) is 11.8 Å². The smallest absolute Gasteiger partial charge is 0.240 e. The minimum absolute atomic E-state index is 0.0739. The van der Waals surface area contributed by atoms with E-state index in [0.717, 1.165) is 22.9 Å². The van der Waals surface area contributed by atoms with Crippen LogP contribution in [0.25, 0.3) is 10.9 Å². The molecule has 4 unspecified atom stereocenters. The first-order chi connectivity index (χ1) is 16.3. The third-order valence-corrected chi connectivity index (χ3v) is 6.48. The van der Waals surface area contributed by atoms with Crippen molar-refractivity contribution < 1.29 is 29.0 Å². The number of benzene rings is 1. The van der Waals surface area contributed by atoms with Crippen LogP contribution >= 0.6 is 0 Å². The van der Waals surface area contributed by atoms with Gasteiger partial charge in [-0.15, -0.1) is 0 Å². The number of carbonyl (C=O) groups excluding carboxylic acids is 4. The first-order valence-corrected chi connectivity index (χ1v) is 11.4. The zero-order valence-electron chi connectivity index (χ0n) is 19.7. The second kappa shape index (κ2) is 11.3. The van der Waals surface area contributed by atoms with Gasteiger partial charge >= 0.3 is 0 Å². The quantitative estimate of drug-likeness (QED) is 0.413. The van der Waals surface area contributed by atoms with Gasteiger partial charge in [0.05, 0.1) is 24.9 Å². The summed E-state index contributed by atoms with van der Waals surface area (Å²) in [7, 11) is 3.33. The summed E-state index contributed by atoms with van der Waals surface area (Å²) in [6.07, 6.45) is 2.37. The Kier molecular flexibility index (Phi) is 8.41. The fourth-order valence-corrected chi connectivity index (χ4v) is 4.69. The number of methoxy groups -OCH3 is 1. The number of nitrogens with one attached hydrogen (secondary N) is 3. The molecule has 2 aliphatic rings. The molecule has 0 spiro atoms. The van der Waals surface area contributed by atoms with Gasteiger partial charge in [0, 0.05) is 29.4 Å². The summed E-state index contributed by atoms with van der Waals surface area (Å²) in [6.45, 7) is 1.88. The maximum Gasteiger partial charge on any atom is 0.240 e. The van der Waals surface area contributed by atoms with Crippen molar-refractivity contribution in [2.75, 3.05) is 27.3 Å². The minimum atomic E-state index is -0.718. The van der Waals surface area contributed by atoms with Gasteiger partial charge in [-0.1, -0.05) is 6.07 Å². The first-order valence-electron chi connectivity index (χ1n) is 11.4. The molecule has 2 aliphatic heterocycles. The molecule has 34 heavy (non-hydrogen) atoms. The molecule has 3 heterocycles. The van der Waals surface area contributed by atoms with Crippen molar-refractivity contribution in [2.24, 2.45) is 5.92 Å². The van der Waals surface area contributed by atoms with Crippen LogP contribution in [0.2, 0.25) is 0 Å². The number of nitrogens with zero attached hydrogens (tertiary/aromatic N) is 1. The second-order valence-electron chi connectivity index (χ2n) is 8.59. The third-order valence-electron chi connectivity index (χ3n) is 6.48. The van der Waals surface area contributed by atoms with E-state index < -0.39 is 18.4 Å². The minimum Gasteiger partial charge on any atom is -0.496 e. The summed E-state index contributed by atoms with van der Waals surface area (Å²) in [5.41, 5.74) is 1.49. The lowest BCUT2D eigenvalue weighted by Gasteiger charge is -2.31. The fraction of sp³-hybridized carbons (Fsp3) is 0.500. The summed E-state index contributed by atoms with van der Waals surface area (Å²) in [6, 6.07) is 6.33. The standard InChI is InChI=1S/C14H23N3O4.C10H9NO2/c1-8-5-10(15-2)14(21)17(8)11(12(19)7-18)6-9-3-4-16-13(9)20;1-13-10-4-2-3-9-8(10)5-7(6-12)11-9/h8-11,15,18H,3-7H2,1-2H3,(H,16,20);2-6,11H,1H3. The van der Waals surface area contributed by atoms with Crippen LogP contribution in [0.1, 0.15) is 36.7 Å². The predicted molar refractivity (Wildman–Crippen MR) is 126 cm³/mol. The molecule has 10 nitrogen and oxygen atoms in total. The van der Waals surface area contributed by atoms with E-state index in [-0.39, 0.29) is 36.2 Å². The molecule has 10 heteroatoms. The van der Waals surface area contributed by atoms with Crippen LogP contribution in [0.15, 0.2) is 24.3 Å². The van der Waals surface area contributed by atoms with E-state index in [4.69, 9.17) is 4.74 Å². The predicted octanol–water partition coefficient (Wildman–Crippen LogP) is 0.640. The highest BCUT2D eigenvalue weighted by Crippen LogP contribution is 2.28. The Hall–Kier alpha value is -3.24. The lowest BCUT2D eigenvalue weighted by Crippen LogP contribution is -2.49. The summed E-state index contributed by atoms with van der Waals surface area (Å²) < 4.78 is 5.15. The van der Waals surface area contributed by atoms with Crippen molar-refractivity contribution >= 4 is 34.8 Å². The highest BCUT2D eigenvalue weighted by atomic mass is 16.5. The van der Waals surface area contributed by atoms with Crippen molar-refractivity contribution in [2.45, 2.75) is 44.3 Å². The van der Waals surface area contributed by atoms with Gasteiger partial charge < -0.3 is 30.4 Å². The average molecular weight is 473 g/mol. The normalized spacial score (nSPS) is 22.8. The second-order valence-corrected chi connectivity index (χ2v) is 8.59. The van der Waals surface area contributed by atoms with E-state index in [9.17, 15) is 24.3 Å². The van der Waals surface area contributed by atoms with Gasteiger partial charge in [0.25, 0.3) is 0 Å². The molecule has 1 aromatic carbocycles. The molecule has 0 radical (unpaired) electrons. The van der Waals surface area contributed by atoms with E-state index in [1.54, 1.807) is 25.1 Å². The number of carbonyl (C=O) groups is 4. The topological polar surface area (TPSA) is 141 Å². The van der Waals surface area contributed by atoms with Gasteiger partial charge in [-0.25, -0.2) is 0 Å². The SMILES string of the molecule is CNC1CC(C)N(C(CC2CCNC2=O)C(=O)CO)C1=O.COc1cccc2[nH]c(C=O)cc12. The van der Waals surface area contributed by atoms with Crippen molar-refractivity contribution in [3.05, 3.63) is 30.0 Å². The zero-order valence-corrected chi connectivity index (χ0v) is 19.7. The van der Waals surface area contributed by atoms with Gasteiger partial charge in [-0.2, -0.15) is 0 Å². The van der Waals surface area contributed by atoms with E-state index in [2.05, 4.69) is 15.6 Å². The molecular formula is C24H32N4O6. The third kappa shape index (κ3) is 5.28. The number of amides is 2. The van der Waals surface area contributed by atoms with E-state index in [1.165, 1.54) is 0 Å². The summed E-state index contributed by atoms with van der Waals surface area (Å²) >= 11 is 0. The highest BCUT2D eigenvalue weighted by Gasteiger charge is 2.44. The van der Waals surface area contributed by atoms with Crippen LogP contribution < -0.4 is 15.4 Å². The Labute approximate surface area is 198 Å². The largest absolute Gasteiger partial charge is 0.496 e. The molecule has 2 amide bonds. The van der Waals surface area contributed by atoms with Crippen LogP contribution in [0.3, 0.4) is 0 Å². The number of aliphatic hydroxyl groups is 1. The molecule has 4 rings (SSSR count). The Morgan fingerprint density at radius 2 is 2.15 bits per heavy atom. The number of likely N-dealkylation sites (N-methyl/N-ethyl adjacent to an activating group) is 1. The highest BCUT2D eigenvalue weighted by molar-refractivity contribution is 5.94. The molecule has 0 bridgehead atoms. The number of H-pyrrole nitrogens is 1. The molecular weight excluding hydrogens is 440 g/mol. The monoisotopic (exact) mass is 472 g/mol. The Morgan fingerprint density at radius 3 is 2.71 bits per heavy atom. The number of rotatable bonds is 8. The van der Waals surface area contributed by atoms with Crippen LogP contribution in [0.4, 0.5) is 0 Å². The van der Waals surface area contributed by atoms with Crippen molar-refractivity contribution in [1.29, 1.82) is 0 Å². The van der Waals surface area contributed by atoms with Crippen LogP contribution in [-0.4, -0.2) is 84.3 Å². The Bertz CT molecular complexity index is 1050. The van der Waals surface area contributed by atoms with Crippen molar-refractivity contribution in [3.63, 3.8) is 0 Å². The Balaban J connectivity index is 0.000000212. The fourth-order valence-electron chi connectivity index (χ4n) is 4.69. The molecule has 4 N–H and O–H groups in total. The number of aromatic amines is 1. The van der Waals surface area contributed by atoms with Gasteiger partial charge in [0.1, 0.15) is 12.4 Å². The van der Waals surface area contributed by atoms with Gasteiger partial charge in [-0.3, -0.25) is 19.2 Å². The number of ether oxygens (including phenoxy) is 1. The molecule has 4 atom stereocenters. The summed E-state index contributed by atoms with van der Waals surface area (Å²) in [4.78, 5) is 51.2. The molecule has 2 aromatic rings. The van der Waals surface area contributed by atoms with Crippen LogP contribution in [0.5, 0.6) is 5.75 Å². The van der Waals surface area contributed by atoms with Crippen molar-refractivity contribution in [3.8, 4) is 5.75 Å². The number of Topliss-reactive ketones (excluding diaryl/α,β-unsaturated/α-hetero) is 1.